The molecule has 0 unspecified atom stereocenters. The molecule has 0 heterocycles. The molecule has 3 nitrogen and oxygen atoms in total. The number of carbonyl (C=O) groups is 1. The Labute approximate surface area is 119 Å². The molecule has 1 atom stereocenters. The summed E-state index contributed by atoms with van der Waals surface area (Å²) in [6.07, 6.45) is 1.11. The van der Waals surface area contributed by atoms with Gasteiger partial charge in [-0.2, -0.15) is 11.8 Å². The molecule has 1 aromatic carbocycles. The van der Waals surface area contributed by atoms with Gasteiger partial charge in [0.25, 0.3) is 0 Å². The van der Waals surface area contributed by atoms with Gasteiger partial charge in [0, 0.05) is 11.5 Å². The monoisotopic (exact) mass is 281 g/mol. The van der Waals surface area contributed by atoms with E-state index in [1.165, 1.54) is 11.1 Å². The van der Waals surface area contributed by atoms with Gasteiger partial charge in [-0.1, -0.05) is 45.0 Å². The van der Waals surface area contributed by atoms with Gasteiger partial charge in [0.1, 0.15) is 6.04 Å². The highest BCUT2D eigenvalue weighted by molar-refractivity contribution is 7.98. The fourth-order valence-corrected chi connectivity index (χ4v) is 2.57. The Kier molecular flexibility index (Phi) is 5.88. The molecule has 0 spiro atoms. The predicted molar refractivity (Wildman–Crippen MR) is 81.5 cm³/mol. The molecule has 0 bridgehead atoms. The minimum Gasteiger partial charge on any atom is -0.480 e. The molecule has 0 amide bonds. The Hall–Kier alpha value is -1.00. The lowest BCUT2D eigenvalue weighted by molar-refractivity contribution is -0.137. The van der Waals surface area contributed by atoms with Crippen molar-refractivity contribution in [3.63, 3.8) is 0 Å². The van der Waals surface area contributed by atoms with Crippen LogP contribution in [0.25, 0.3) is 0 Å². The molecule has 19 heavy (non-hydrogen) atoms. The third kappa shape index (κ3) is 4.88. The average Bonchev–Trinajstić information content (AvgIpc) is 2.39. The largest absolute Gasteiger partial charge is 0.480 e. The van der Waals surface area contributed by atoms with Gasteiger partial charge >= 0.3 is 5.97 Å². The SMILES string of the molecule is CCC(C)(C)c1ccc(CSC[C@H](N)C(=O)O)cc1. The molecule has 3 N–H and O–H groups in total. The van der Waals surface area contributed by atoms with Crippen LogP contribution in [0.15, 0.2) is 24.3 Å². The smallest absolute Gasteiger partial charge is 0.321 e. The van der Waals surface area contributed by atoms with Crippen molar-refractivity contribution < 1.29 is 9.90 Å². The number of carboxylic acids is 1. The van der Waals surface area contributed by atoms with Gasteiger partial charge < -0.3 is 10.8 Å². The summed E-state index contributed by atoms with van der Waals surface area (Å²) in [4.78, 5) is 10.6. The van der Waals surface area contributed by atoms with Crippen LogP contribution < -0.4 is 5.73 Å². The molecule has 0 aliphatic heterocycles. The van der Waals surface area contributed by atoms with Crippen LogP contribution in [0.3, 0.4) is 0 Å². The summed E-state index contributed by atoms with van der Waals surface area (Å²) in [5, 5.41) is 8.69. The minimum atomic E-state index is -0.937. The van der Waals surface area contributed by atoms with Gasteiger partial charge in [-0.25, -0.2) is 0 Å². The van der Waals surface area contributed by atoms with Crippen LogP contribution in [0.4, 0.5) is 0 Å². The van der Waals surface area contributed by atoms with E-state index in [0.717, 1.165) is 12.2 Å². The standard InChI is InChI=1S/C15H23NO2S/c1-4-15(2,3)12-7-5-11(6-8-12)9-19-10-13(16)14(17)18/h5-8,13H,4,9-10,16H2,1-3H3,(H,17,18)/t13-/m0/s1. The van der Waals surface area contributed by atoms with Crippen molar-refractivity contribution in [2.24, 2.45) is 5.73 Å². The molecule has 1 aromatic rings. The lowest BCUT2D eigenvalue weighted by atomic mass is 9.82. The van der Waals surface area contributed by atoms with E-state index >= 15 is 0 Å². The quantitative estimate of drug-likeness (QED) is 0.806. The molecule has 106 valence electrons. The van der Waals surface area contributed by atoms with E-state index in [1.54, 1.807) is 11.8 Å². The Morgan fingerprint density at radius 1 is 1.37 bits per heavy atom. The second-order valence-electron chi connectivity index (χ2n) is 5.39. The first-order chi connectivity index (χ1) is 8.86. The molecule has 0 saturated heterocycles. The van der Waals surface area contributed by atoms with Gasteiger partial charge in [-0.3, -0.25) is 4.79 Å². The van der Waals surface area contributed by atoms with Gasteiger partial charge in [0.15, 0.2) is 0 Å². The van der Waals surface area contributed by atoms with Gasteiger partial charge in [-0.15, -0.1) is 0 Å². The van der Waals surface area contributed by atoms with Crippen molar-refractivity contribution >= 4 is 17.7 Å². The van der Waals surface area contributed by atoms with Crippen LogP contribution in [0.1, 0.15) is 38.3 Å². The van der Waals surface area contributed by atoms with Crippen LogP contribution >= 0.6 is 11.8 Å². The van der Waals surface area contributed by atoms with Crippen molar-refractivity contribution in [2.45, 2.75) is 44.4 Å². The maximum atomic E-state index is 10.6. The summed E-state index contributed by atoms with van der Waals surface area (Å²) in [5.74, 6) is 0.304. The molecule has 0 fully saturated rings. The normalized spacial score (nSPS) is 13.3. The van der Waals surface area contributed by atoms with E-state index < -0.39 is 12.0 Å². The Morgan fingerprint density at radius 2 is 1.95 bits per heavy atom. The molecule has 0 aromatic heterocycles. The highest BCUT2D eigenvalue weighted by Crippen LogP contribution is 2.27. The zero-order chi connectivity index (χ0) is 14.5. The second-order valence-corrected chi connectivity index (χ2v) is 6.42. The van der Waals surface area contributed by atoms with E-state index in [9.17, 15) is 4.79 Å². The van der Waals surface area contributed by atoms with Gasteiger partial charge in [-0.05, 0) is 23.0 Å². The molecule has 4 heteroatoms. The Balaban J connectivity index is 2.51. The van der Waals surface area contributed by atoms with Gasteiger partial charge in [0.2, 0.25) is 0 Å². The lowest BCUT2D eigenvalue weighted by Crippen LogP contribution is -2.32. The van der Waals surface area contributed by atoms with Crippen LogP contribution in [-0.4, -0.2) is 22.9 Å². The van der Waals surface area contributed by atoms with E-state index in [2.05, 4.69) is 45.0 Å². The first-order valence-corrected chi connectivity index (χ1v) is 7.68. The van der Waals surface area contributed by atoms with Gasteiger partial charge in [0.05, 0.1) is 0 Å². The van der Waals surface area contributed by atoms with Crippen molar-refractivity contribution in [1.82, 2.24) is 0 Å². The average molecular weight is 281 g/mol. The number of hydrogen-bond donors (Lipinski definition) is 2. The van der Waals surface area contributed by atoms with Crippen LogP contribution in [-0.2, 0) is 16.0 Å². The molecular formula is C15H23NO2S. The van der Waals surface area contributed by atoms with E-state index in [-0.39, 0.29) is 5.41 Å². The first kappa shape index (κ1) is 16.1. The maximum absolute atomic E-state index is 10.6. The predicted octanol–water partition coefficient (Wildman–Crippen LogP) is 3.02. The number of aliphatic carboxylic acids is 1. The summed E-state index contributed by atoms with van der Waals surface area (Å²) in [6, 6.07) is 7.79. The first-order valence-electron chi connectivity index (χ1n) is 6.52. The summed E-state index contributed by atoms with van der Waals surface area (Å²) < 4.78 is 0. The molecule has 0 aliphatic carbocycles. The summed E-state index contributed by atoms with van der Waals surface area (Å²) in [6.45, 7) is 6.67. The lowest BCUT2D eigenvalue weighted by Gasteiger charge is -2.23. The highest BCUT2D eigenvalue weighted by Gasteiger charge is 2.17. The minimum absolute atomic E-state index is 0.206. The van der Waals surface area contributed by atoms with Crippen molar-refractivity contribution in [3.05, 3.63) is 35.4 Å². The molecule has 0 saturated carbocycles. The fourth-order valence-electron chi connectivity index (χ4n) is 1.63. The number of benzene rings is 1. The number of thioether (sulfide) groups is 1. The Bertz CT molecular complexity index is 415. The van der Waals surface area contributed by atoms with Crippen LogP contribution in [0.5, 0.6) is 0 Å². The maximum Gasteiger partial charge on any atom is 0.321 e. The third-order valence-electron chi connectivity index (χ3n) is 3.50. The fraction of sp³-hybridized carbons (Fsp3) is 0.533. The highest BCUT2D eigenvalue weighted by atomic mass is 32.2. The van der Waals surface area contributed by atoms with E-state index in [4.69, 9.17) is 10.8 Å². The third-order valence-corrected chi connectivity index (χ3v) is 4.63. The van der Waals surface area contributed by atoms with E-state index in [0.29, 0.717) is 5.75 Å². The summed E-state index contributed by atoms with van der Waals surface area (Å²) >= 11 is 1.56. The summed E-state index contributed by atoms with van der Waals surface area (Å²) in [7, 11) is 0. The number of rotatable bonds is 7. The van der Waals surface area contributed by atoms with Crippen molar-refractivity contribution in [2.75, 3.05) is 5.75 Å². The van der Waals surface area contributed by atoms with Crippen molar-refractivity contribution in [1.29, 1.82) is 0 Å². The van der Waals surface area contributed by atoms with Crippen LogP contribution in [0.2, 0.25) is 0 Å². The molecule has 0 radical (unpaired) electrons. The van der Waals surface area contributed by atoms with Crippen molar-refractivity contribution in [3.8, 4) is 0 Å². The summed E-state index contributed by atoms with van der Waals surface area (Å²) in [5.41, 5.74) is 8.21. The number of carboxylic acid groups (broad SMARTS) is 1. The molecule has 0 aliphatic rings. The molecule has 1 rings (SSSR count). The zero-order valence-electron chi connectivity index (χ0n) is 11.8. The topological polar surface area (TPSA) is 63.3 Å². The molecular weight excluding hydrogens is 258 g/mol. The second kappa shape index (κ2) is 6.96. The Morgan fingerprint density at radius 3 is 2.42 bits per heavy atom. The number of hydrogen-bond acceptors (Lipinski definition) is 3. The van der Waals surface area contributed by atoms with E-state index in [1.807, 2.05) is 0 Å². The zero-order valence-corrected chi connectivity index (χ0v) is 12.7. The number of nitrogens with two attached hydrogens (primary N) is 1. The van der Waals surface area contributed by atoms with Crippen LogP contribution in [0, 0.1) is 0 Å².